The number of carbonyl (C=O) groups is 3. The number of phenols is 2. The molecule has 0 aromatic heterocycles. The molecule has 32 heavy (non-hydrogen) atoms. The van der Waals surface area contributed by atoms with Crippen LogP contribution in [0.1, 0.15) is 64.6 Å². The molecule has 1 saturated heterocycles. The number of aromatic hydroxyl groups is 2. The van der Waals surface area contributed by atoms with Crippen molar-refractivity contribution in [2.24, 2.45) is 0 Å². The SMILES string of the molecule is C[C@@H]1O[C@@H](CC(=O)O)Cc2c(O)c3c(c(O)c21)C(=O)C1=C(C3=O)C2C[C@@H](O)[C@]1(O)[C@@H](C)O2. The molecular weight excluding hydrogens is 424 g/mol. The minimum Gasteiger partial charge on any atom is -0.507 e. The quantitative estimate of drug-likeness (QED) is 0.404. The summed E-state index contributed by atoms with van der Waals surface area (Å²) >= 11 is 0. The number of Topliss-reactive ketones (excluding diaryl/α,β-unsaturated/α-hetero) is 2. The van der Waals surface area contributed by atoms with Crippen LogP contribution in [0, 0.1) is 0 Å². The van der Waals surface area contributed by atoms with Gasteiger partial charge in [-0.2, -0.15) is 0 Å². The van der Waals surface area contributed by atoms with Crippen LogP contribution in [0.25, 0.3) is 0 Å². The summed E-state index contributed by atoms with van der Waals surface area (Å²) in [6, 6.07) is 0. The molecule has 3 aliphatic heterocycles. The molecule has 10 heteroatoms. The largest absolute Gasteiger partial charge is 0.507 e. The number of carboxylic acids is 1. The van der Waals surface area contributed by atoms with E-state index in [9.17, 15) is 34.8 Å². The second-order valence-electron chi connectivity index (χ2n) is 8.83. The number of benzene rings is 1. The Morgan fingerprint density at radius 2 is 1.75 bits per heavy atom. The lowest BCUT2D eigenvalue weighted by Crippen LogP contribution is -2.66. The van der Waals surface area contributed by atoms with Crippen molar-refractivity contribution in [1.82, 2.24) is 0 Å². The summed E-state index contributed by atoms with van der Waals surface area (Å²) in [5, 5.41) is 52.8. The van der Waals surface area contributed by atoms with Crippen molar-refractivity contribution in [2.75, 3.05) is 0 Å². The minimum atomic E-state index is -2.14. The Morgan fingerprint density at radius 1 is 1.09 bits per heavy atom. The van der Waals surface area contributed by atoms with Crippen LogP contribution in [0.5, 0.6) is 11.5 Å². The molecule has 2 aliphatic carbocycles. The summed E-state index contributed by atoms with van der Waals surface area (Å²) in [7, 11) is 0. The summed E-state index contributed by atoms with van der Waals surface area (Å²) in [5.41, 5.74) is -3.23. The van der Waals surface area contributed by atoms with E-state index in [-0.39, 0.29) is 41.5 Å². The lowest BCUT2D eigenvalue weighted by atomic mass is 9.63. The zero-order valence-electron chi connectivity index (χ0n) is 17.3. The number of phenolic OH excluding ortho intramolecular Hbond substituents is 2. The summed E-state index contributed by atoms with van der Waals surface area (Å²) in [5.74, 6) is -3.84. The number of aliphatic hydroxyl groups is 2. The number of hydrogen-bond donors (Lipinski definition) is 5. The highest BCUT2D eigenvalue weighted by Gasteiger charge is 2.62. The molecule has 2 bridgehead atoms. The predicted octanol–water partition coefficient (Wildman–Crippen LogP) is 0.533. The van der Waals surface area contributed by atoms with Crippen LogP contribution in [0.15, 0.2) is 11.1 Å². The Kier molecular flexibility index (Phi) is 4.35. The van der Waals surface area contributed by atoms with E-state index in [0.29, 0.717) is 0 Å². The van der Waals surface area contributed by atoms with Gasteiger partial charge in [-0.15, -0.1) is 0 Å². The average Bonchev–Trinajstić information content (AvgIpc) is 2.69. The lowest BCUT2D eigenvalue weighted by Gasteiger charge is -2.52. The molecule has 10 nitrogen and oxygen atoms in total. The molecule has 170 valence electrons. The zero-order valence-corrected chi connectivity index (χ0v) is 17.3. The van der Waals surface area contributed by atoms with E-state index >= 15 is 0 Å². The molecule has 0 radical (unpaired) electrons. The normalized spacial score (nSPS) is 35.4. The van der Waals surface area contributed by atoms with Crippen LogP contribution >= 0.6 is 0 Å². The highest BCUT2D eigenvalue weighted by atomic mass is 16.5. The molecule has 5 aliphatic rings. The van der Waals surface area contributed by atoms with Crippen LogP contribution in [0.2, 0.25) is 0 Å². The van der Waals surface area contributed by atoms with Crippen molar-refractivity contribution in [3.05, 3.63) is 33.4 Å². The van der Waals surface area contributed by atoms with Gasteiger partial charge < -0.3 is 35.0 Å². The molecule has 5 N–H and O–H groups in total. The molecule has 1 unspecified atom stereocenters. The van der Waals surface area contributed by atoms with Gasteiger partial charge in [0, 0.05) is 35.1 Å². The molecule has 6 rings (SSSR count). The molecule has 1 aromatic rings. The average molecular weight is 446 g/mol. The minimum absolute atomic E-state index is 0.0777. The number of fused-ring (bicyclic) bond motifs is 4. The molecule has 0 saturated carbocycles. The number of ether oxygens (including phenoxy) is 2. The Hall–Kier alpha value is -2.79. The van der Waals surface area contributed by atoms with Gasteiger partial charge in [0.15, 0.2) is 11.6 Å². The third kappa shape index (κ3) is 2.46. The van der Waals surface area contributed by atoms with Crippen LogP contribution in [0.4, 0.5) is 0 Å². The number of carboxylic acid groups (broad SMARTS) is 1. The number of ketones is 2. The monoisotopic (exact) mass is 446 g/mol. The van der Waals surface area contributed by atoms with Crippen LogP contribution in [-0.2, 0) is 20.7 Å². The summed E-state index contributed by atoms with van der Waals surface area (Å²) in [6.45, 7) is 3.02. The van der Waals surface area contributed by atoms with Gasteiger partial charge in [0.2, 0.25) is 0 Å². The van der Waals surface area contributed by atoms with E-state index in [1.165, 1.54) is 13.8 Å². The maximum atomic E-state index is 13.5. The standard InChI is InChI=1S/C22H22O10/c1-6-13-9(3-8(31-6)4-12(24)25)18(26)15-16(19(13)27)21(29)17-14(20(15)28)10-5-11(23)22(17,30)7(2)32-10/h6-8,10-11,23,26-27,30H,3-5H2,1-2H3,(H,24,25)/t6-,7+,8+,10?,11+,22+/m0/s1. The number of aliphatic hydroxyl groups excluding tert-OH is 1. The lowest BCUT2D eigenvalue weighted by molar-refractivity contribution is -0.207. The van der Waals surface area contributed by atoms with Gasteiger partial charge in [-0.3, -0.25) is 14.4 Å². The second-order valence-corrected chi connectivity index (χ2v) is 8.83. The van der Waals surface area contributed by atoms with Crippen molar-refractivity contribution in [2.45, 2.75) is 69.2 Å². The van der Waals surface area contributed by atoms with Crippen molar-refractivity contribution in [3.8, 4) is 11.5 Å². The highest BCUT2D eigenvalue weighted by Crippen LogP contribution is 2.54. The van der Waals surface area contributed by atoms with E-state index in [0.717, 1.165) is 0 Å². The maximum Gasteiger partial charge on any atom is 0.305 e. The Balaban J connectivity index is 1.73. The molecule has 6 atom stereocenters. The van der Waals surface area contributed by atoms with Gasteiger partial charge in [0.25, 0.3) is 0 Å². The summed E-state index contributed by atoms with van der Waals surface area (Å²) in [4.78, 5) is 38.1. The van der Waals surface area contributed by atoms with E-state index in [1.807, 2.05) is 0 Å². The van der Waals surface area contributed by atoms with Crippen molar-refractivity contribution >= 4 is 17.5 Å². The van der Waals surface area contributed by atoms with E-state index in [4.69, 9.17) is 14.6 Å². The summed E-state index contributed by atoms with van der Waals surface area (Å²) < 4.78 is 11.3. The van der Waals surface area contributed by atoms with Gasteiger partial charge in [-0.1, -0.05) is 0 Å². The van der Waals surface area contributed by atoms with Gasteiger partial charge in [0.05, 0.1) is 48.1 Å². The van der Waals surface area contributed by atoms with Gasteiger partial charge in [-0.05, 0) is 13.8 Å². The fourth-order valence-electron chi connectivity index (χ4n) is 5.64. The first-order chi connectivity index (χ1) is 15.0. The first-order valence-electron chi connectivity index (χ1n) is 10.4. The smallest absolute Gasteiger partial charge is 0.305 e. The second kappa shape index (κ2) is 6.61. The predicted molar refractivity (Wildman–Crippen MR) is 105 cm³/mol. The van der Waals surface area contributed by atoms with E-state index < -0.39 is 76.3 Å². The first kappa shape index (κ1) is 21.1. The summed E-state index contributed by atoms with van der Waals surface area (Å²) in [6.07, 6.45) is -5.45. The fourth-order valence-corrected chi connectivity index (χ4v) is 5.64. The Morgan fingerprint density at radius 3 is 2.38 bits per heavy atom. The van der Waals surface area contributed by atoms with E-state index in [1.54, 1.807) is 0 Å². The molecule has 1 fully saturated rings. The highest BCUT2D eigenvalue weighted by molar-refractivity contribution is 6.30. The van der Waals surface area contributed by atoms with Crippen molar-refractivity contribution in [1.29, 1.82) is 0 Å². The van der Waals surface area contributed by atoms with Gasteiger partial charge in [0.1, 0.15) is 17.1 Å². The topological polar surface area (TPSA) is 171 Å². The fraction of sp³-hybridized carbons (Fsp3) is 0.500. The van der Waals surface area contributed by atoms with Crippen LogP contribution in [-0.4, -0.2) is 73.1 Å². The van der Waals surface area contributed by atoms with Gasteiger partial charge >= 0.3 is 5.97 Å². The first-order valence-corrected chi connectivity index (χ1v) is 10.4. The van der Waals surface area contributed by atoms with Crippen molar-refractivity contribution in [3.63, 3.8) is 0 Å². The number of carbonyl (C=O) groups excluding carboxylic acids is 2. The number of aliphatic carboxylic acids is 1. The molecule has 0 spiro atoms. The molecule has 3 heterocycles. The third-order valence-electron chi connectivity index (χ3n) is 7.08. The zero-order chi connectivity index (χ0) is 23.3. The van der Waals surface area contributed by atoms with Crippen LogP contribution < -0.4 is 0 Å². The number of hydrogen-bond acceptors (Lipinski definition) is 9. The third-order valence-corrected chi connectivity index (χ3v) is 7.08. The molecule has 1 aromatic carbocycles. The number of rotatable bonds is 2. The van der Waals surface area contributed by atoms with Crippen LogP contribution in [0.3, 0.4) is 0 Å². The maximum absolute atomic E-state index is 13.5. The Labute approximate surface area is 181 Å². The molecule has 0 amide bonds. The van der Waals surface area contributed by atoms with Crippen molar-refractivity contribution < 1.29 is 49.4 Å². The molecular formula is C22H22O10. The van der Waals surface area contributed by atoms with E-state index in [2.05, 4.69) is 0 Å². The van der Waals surface area contributed by atoms with Gasteiger partial charge in [-0.25, -0.2) is 0 Å². The Bertz CT molecular complexity index is 1120.